The maximum atomic E-state index is 13.6. The molecule has 0 bridgehead atoms. The molecule has 19 heavy (non-hydrogen) atoms. The first kappa shape index (κ1) is 18.5. The Bertz CT molecular complexity index is 460. The average Bonchev–Trinajstić information content (AvgIpc) is 2.31. The van der Waals surface area contributed by atoms with Crippen LogP contribution in [-0.4, -0.2) is 18.5 Å². The molecule has 1 rings (SSSR count). The second kappa shape index (κ2) is 7.30. The molecular weight excluding hydrogens is 397 g/mol. The summed E-state index contributed by atoms with van der Waals surface area (Å²) in [6.45, 7) is 1.20. The molecule has 0 aromatic heterocycles. The summed E-state index contributed by atoms with van der Waals surface area (Å²) >= 11 is 1.83. The topological polar surface area (TPSA) is 52.3 Å². The molecule has 0 radical (unpaired) electrons. The molecule has 0 fully saturated rings. The highest BCUT2D eigenvalue weighted by Gasteiger charge is 2.48. The zero-order chi connectivity index (χ0) is 13.9. The lowest BCUT2D eigenvalue weighted by atomic mass is 10.0. The van der Waals surface area contributed by atoms with E-state index in [1.807, 2.05) is 22.6 Å². The van der Waals surface area contributed by atoms with Gasteiger partial charge in [0.2, 0.25) is 0 Å². The van der Waals surface area contributed by atoms with Gasteiger partial charge in [0.25, 0.3) is 0 Å². The molecule has 108 valence electrons. The molecule has 0 amide bonds. The zero-order valence-corrected chi connectivity index (χ0v) is 12.8. The van der Waals surface area contributed by atoms with Crippen LogP contribution < -0.4 is 5.73 Å². The molecule has 1 atom stereocenters. The number of hydrogen-bond acceptors (Lipinski definition) is 3. The van der Waals surface area contributed by atoms with Crippen LogP contribution in [0.3, 0.4) is 0 Å². The van der Waals surface area contributed by atoms with Gasteiger partial charge in [-0.15, -0.1) is 12.4 Å². The molecule has 0 unspecified atom stereocenters. The highest BCUT2D eigenvalue weighted by Crippen LogP contribution is 2.32. The third kappa shape index (κ3) is 4.22. The Hall–Kier alpha value is -0.540. The van der Waals surface area contributed by atoms with Crippen LogP contribution in [0.25, 0.3) is 0 Å². The maximum Gasteiger partial charge on any atom is 0.379 e. The van der Waals surface area contributed by atoms with E-state index in [1.165, 1.54) is 19.1 Å². The summed E-state index contributed by atoms with van der Waals surface area (Å²) in [5, 5.41) is 0. The van der Waals surface area contributed by atoms with Crippen molar-refractivity contribution >= 4 is 41.0 Å². The summed E-state index contributed by atoms with van der Waals surface area (Å²) in [5.74, 6) is -6.61. The molecule has 0 aliphatic heterocycles. The van der Waals surface area contributed by atoms with Gasteiger partial charge in [-0.1, -0.05) is 0 Å². The summed E-state index contributed by atoms with van der Waals surface area (Å²) < 4.78 is 45.5. The molecule has 0 saturated heterocycles. The molecular formula is C11H12ClF3INO2. The van der Waals surface area contributed by atoms with Crippen molar-refractivity contribution in [3.05, 3.63) is 33.1 Å². The predicted octanol–water partition coefficient (Wildman–Crippen LogP) is 3.05. The standard InChI is InChI=1S/C11H11F3INO2.ClH/c1-2-18-10(17)11(13,14)9(16)7-5-6(15)3-4-8(7)12;/h3-5,9H,2,16H2,1H3;1H/t9-;/m1./s1. The van der Waals surface area contributed by atoms with Gasteiger partial charge in [-0.25, -0.2) is 9.18 Å². The zero-order valence-electron chi connectivity index (χ0n) is 9.83. The Kier molecular flexibility index (Phi) is 7.09. The SMILES string of the molecule is CCOC(=O)C(F)(F)[C@H](N)c1cc(I)ccc1F.Cl. The van der Waals surface area contributed by atoms with Crippen LogP contribution in [0.1, 0.15) is 18.5 Å². The Morgan fingerprint density at radius 1 is 1.53 bits per heavy atom. The highest BCUT2D eigenvalue weighted by molar-refractivity contribution is 14.1. The van der Waals surface area contributed by atoms with E-state index in [0.29, 0.717) is 3.57 Å². The molecule has 0 aliphatic rings. The molecule has 2 N–H and O–H groups in total. The minimum absolute atomic E-state index is 0. The molecule has 0 spiro atoms. The number of nitrogens with two attached hydrogens (primary N) is 1. The average molecular weight is 410 g/mol. The van der Waals surface area contributed by atoms with Gasteiger partial charge >= 0.3 is 11.9 Å². The summed E-state index contributed by atoms with van der Waals surface area (Å²) in [4.78, 5) is 11.1. The second-order valence-corrected chi connectivity index (χ2v) is 4.73. The predicted molar refractivity (Wildman–Crippen MR) is 74.9 cm³/mol. The molecule has 0 aliphatic carbocycles. The van der Waals surface area contributed by atoms with Crippen LogP contribution in [0, 0.1) is 9.39 Å². The fraction of sp³-hybridized carbons (Fsp3) is 0.364. The number of ether oxygens (including phenoxy) is 1. The normalized spacial score (nSPS) is 12.5. The van der Waals surface area contributed by atoms with E-state index in [2.05, 4.69) is 4.74 Å². The van der Waals surface area contributed by atoms with Crippen LogP contribution >= 0.6 is 35.0 Å². The van der Waals surface area contributed by atoms with Crippen molar-refractivity contribution in [2.45, 2.75) is 18.9 Å². The summed E-state index contributed by atoms with van der Waals surface area (Å²) in [7, 11) is 0. The van der Waals surface area contributed by atoms with Crippen molar-refractivity contribution in [3.8, 4) is 0 Å². The Labute approximate surface area is 128 Å². The largest absolute Gasteiger partial charge is 0.462 e. The van der Waals surface area contributed by atoms with Crippen LogP contribution in [0.4, 0.5) is 13.2 Å². The fourth-order valence-electron chi connectivity index (χ4n) is 1.30. The Balaban J connectivity index is 0.00000324. The van der Waals surface area contributed by atoms with E-state index >= 15 is 0 Å². The molecule has 0 heterocycles. The second-order valence-electron chi connectivity index (χ2n) is 3.49. The minimum Gasteiger partial charge on any atom is -0.462 e. The summed E-state index contributed by atoms with van der Waals surface area (Å²) in [6.07, 6.45) is 0. The van der Waals surface area contributed by atoms with E-state index < -0.39 is 29.3 Å². The molecule has 1 aromatic rings. The van der Waals surface area contributed by atoms with Crippen LogP contribution in [-0.2, 0) is 9.53 Å². The van der Waals surface area contributed by atoms with Crippen molar-refractivity contribution in [3.63, 3.8) is 0 Å². The highest BCUT2D eigenvalue weighted by atomic mass is 127. The van der Waals surface area contributed by atoms with E-state index in [9.17, 15) is 18.0 Å². The Morgan fingerprint density at radius 3 is 2.63 bits per heavy atom. The number of carbonyl (C=O) groups is 1. The van der Waals surface area contributed by atoms with Gasteiger partial charge in [0.1, 0.15) is 11.9 Å². The maximum absolute atomic E-state index is 13.6. The lowest BCUT2D eigenvalue weighted by Crippen LogP contribution is -2.42. The van der Waals surface area contributed by atoms with Gasteiger partial charge in [-0.3, -0.25) is 0 Å². The quantitative estimate of drug-likeness (QED) is 0.614. The van der Waals surface area contributed by atoms with Gasteiger partial charge in [0.15, 0.2) is 0 Å². The fourth-order valence-corrected chi connectivity index (χ4v) is 1.82. The van der Waals surface area contributed by atoms with Crippen molar-refractivity contribution in [2.24, 2.45) is 5.73 Å². The van der Waals surface area contributed by atoms with Crippen molar-refractivity contribution in [1.82, 2.24) is 0 Å². The Morgan fingerprint density at radius 2 is 2.11 bits per heavy atom. The van der Waals surface area contributed by atoms with Gasteiger partial charge < -0.3 is 10.5 Å². The van der Waals surface area contributed by atoms with Gasteiger partial charge in [-0.2, -0.15) is 8.78 Å². The number of rotatable bonds is 4. The minimum atomic E-state index is -3.97. The van der Waals surface area contributed by atoms with Crippen LogP contribution in [0.15, 0.2) is 18.2 Å². The number of benzene rings is 1. The van der Waals surface area contributed by atoms with Crippen LogP contribution in [0.5, 0.6) is 0 Å². The molecule has 3 nitrogen and oxygen atoms in total. The van der Waals surface area contributed by atoms with Gasteiger partial charge in [0, 0.05) is 9.13 Å². The lowest BCUT2D eigenvalue weighted by Gasteiger charge is -2.22. The first-order chi connectivity index (χ1) is 8.30. The van der Waals surface area contributed by atoms with E-state index in [1.54, 1.807) is 0 Å². The van der Waals surface area contributed by atoms with E-state index in [4.69, 9.17) is 5.73 Å². The van der Waals surface area contributed by atoms with Crippen molar-refractivity contribution in [2.75, 3.05) is 6.61 Å². The number of hydrogen-bond donors (Lipinski definition) is 1. The van der Waals surface area contributed by atoms with Crippen LogP contribution in [0.2, 0.25) is 0 Å². The third-order valence-electron chi connectivity index (χ3n) is 2.23. The number of halogens is 5. The first-order valence-electron chi connectivity index (χ1n) is 5.06. The monoisotopic (exact) mass is 409 g/mol. The molecule has 1 aromatic carbocycles. The van der Waals surface area contributed by atoms with Crippen molar-refractivity contribution < 1.29 is 22.7 Å². The van der Waals surface area contributed by atoms with Gasteiger partial charge in [-0.05, 0) is 47.7 Å². The van der Waals surface area contributed by atoms with E-state index in [-0.39, 0.29) is 19.0 Å². The lowest BCUT2D eigenvalue weighted by molar-refractivity contribution is -0.174. The van der Waals surface area contributed by atoms with Gasteiger partial charge in [0.05, 0.1) is 6.61 Å². The first-order valence-corrected chi connectivity index (χ1v) is 6.14. The number of alkyl halides is 2. The number of esters is 1. The third-order valence-corrected chi connectivity index (χ3v) is 2.90. The summed E-state index contributed by atoms with van der Waals surface area (Å²) in [6, 6.07) is 1.53. The smallest absolute Gasteiger partial charge is 0.379 e. The summed E-state index contributed by atoms with van der Waals surface area (Å²) in [5.41, 5.74) is 4.86. The number of carbonyl (C=O) groups excluding carboxylic acids is 1. The van der Waals surface area contributed by atoms with E-state index in [0.717, 1.165) is 6.07 Å². The molecule has 8 heteroatoms. The van der Waals surface area contributed by atoms with Crippen molar-refractivity contribution in [1.29, 1.82) is 0 Å². The molecule has 0 saturated carbocycles.